The number of nitrogens with two attached hydrogens (primary N) is 1. The number of carbonyl (C=O) groups excluding carboxylic acids is 2. The van der Waals surface area contributed by atoms with E-state index in [0.717, 1.165) is 68.1 Å². The van der Waals surface area contributed by atoms with Crippen molar-refractivity contribution in [3.63, 3.8) is 0 Å². The third-order valence-electron chi connectivity index (χ3n) is 8.59. The van der Waals surface area contributed by atoms with Crippen LogP contribution in [0.2, 0.25) is 0 Å². The molecule has 3 aromatic heterocycles. The van der Waals surface area contributed by atoms with Crippen LogP contribution in [0.4, 0.5) is 24.8 Å². The zero-order chi connectivity index (χ0) is 32.4. The van der Waals surface area contributed by atoms with Crippen LogP contribution in [0.1, 0.15) is 66.1 Å². The molecule has 10 nitrogen and oxygen atoms in total. The molecule has 1 aromatic carbocycles. The van der Waals surface area contributed by atoms with Gasteiger partial charge in [-0.05, 0) is 63.4 Å². The predicted molar refractivity (Wildman–Crippen MR) is 170 cm³/mol. The van der Waals surface area contributed by atoms with E-state index in [-0.39, 0.29) is 29.4 Å². The Hall–Kier alpha value is -4.78. The first-order valence-electron chi connectivity index (χ1n) is 15.3. The van der Waals surface area contributed by atoms with E-state index in [1.807, 2.05) is 17.8 Å². The van der Waals surface area contributed by atoms with Crippen LogP contribution in [0.3, 0.4) is 0 Å². The number of fused-ring (bicyclic) bond motifs is 3. The highest BCUT2D eigenvalue weighted by Gasteiger charge is 2.31. The second-order valence-electron chi connectivity index (χ2n) is 11.9. The van der Waals surface area contributed by atoms with Crippen molar-refractivity contribution in [1.29, 1.82) is 0 Å². The number of benzene rings is 1. The number of rotatable bonds is 3. The molecule has 1 unspecified atom stereocenters. The standard InChI is InChI=1S/C33H35F3N8O2/c1-43-15-3-2-5-22-19-39-31(37)28-29(42-44(30(22)28)25-7-4-6-24(18-25)40-27(45)13-16-43)20-8-10-21(11-9-20)32(46)41-26-17-23(12-14-38-26)33(34,35)36/h2,5,8-12,14,17,19,24-25H,3-4,6-7,13,15-16,18H2,1H3,(H2,37,39)(H,40,45)(H,38,41,46)/b5-2+/t24?,25-/m1/s1. The van der Waals surface area contributed by atoms with Crippen molar-refractivity contribution in [3.05, 3.63) is 71.6 Å². The summed E-state index contributed by atoms with van der Waals surface area (Å²) in [5.41, 5.74) is 8.88. The second-order valence-corrected chi connectivity index (χ2v) is 11.9. The molecule has 46 heavy (non-hydrogen) atoms. The number of aromatic nitrogens is 4. The lowest BCUT2D eigenvalue weighted by molar-refractivity contribution is -0.137. The Labute approximate surface area is 263 Å². The van der Waals surface area contributed by atoms with Crippen molar-refractivity contribution in [3.8, 4) is 11.3 Å². The molecule has 13 heteroatoms. The fraction of sp³-hybridized carbons (Fsp3) is 0.364. The molecule has 240 valence electrons. The first kappa shape index (κ1) is 31.2. The van der Waals surface area contributed by atoms with Crippen molar-refractivity contribution in [2.75, 3.05) is 31.2 Å². The van der Waals surface area contributed by atoms with E-state index >= 15 is 0 Å². The Bertz CT molecular complexity index is 1780. The van der Waals surface area contributed by atoms with Crippen molar-refractivity contribution in [2.45, 2.75) is 56.8 Å². The van der Waals surface area contributed by atoms with Gasteiger partial charge in [-0.2, -0.15) is 18.3 Å². The van der Waals surface area contributed by atoms with Gasteiger partial charge in [0.2, 0.25) is 5.91 Å². The van der Waals surface area contributed by atoms with Crippen LogP contribution in [-0.4, -0.2) is 62.6 Å². The van der Waals surface area contributed by atoms with E-state index in [4.69, 9.17) is 10.8 Å². The number of pyridine rings is 2. The van der Waals surface area contributed by atoms with Gasteiger partial charge in [-0.3, -0.25) is 14.3 Å². The molecule has 6 rings (SSSR count). The molecule has 2 aliphatic rings. The van der Waals surface area contributed by atoms with E-state index in [1.54, 1.807) is 30.5 Å². The molecule has 2 bridgehead atoms. The lowest BCUT2D eigenvalue weighted by atomic mass is 9.90. The topological polar surface area (TPSA) is 131 Å². The average Bonchev–Trinajstić information content (AvgIpc) is 3.44. The van der Waals surface area contributed by atoms with Crippen molar-refractivity contribution in [1.82, 2.24) is 30.0 Å². The summed E-state index contributed by atoms with van der Waals surface area (Å²) in [5, 5.41) is 11.5. The Kier molecular flexibility index (Phi) is 8.76. The summed E-state index contributed by atoms with van der Waals surface area (Å²) in [7, 11) is 2.01. The van der Waals surface area contributed by atoms with Gasteiger partial charge in [-0.1, -0.05) is 24.3 Å². The summed E-state index contributed by atoms with van der Waals surface area (Å²) < 4.78 is 41.4. The molecule has 1 aliphatic carbocycles. The van der Waals surface area contributed by atoms with Crippen molar-refractivity contribution in [2.24, 2.45) is 0 Å². The second kappa shape index (κ2) is 12.9. The zero-order valence-corrected chi connectivity index (χ0v) is 25.3. The Morgan fingerprint density at radius 2 is 1.91 bits per heavy atom. The molecule has 1 saturated carbocycles. The summed E-state index contributed by atoms with van der Waals surface area (Å²) in [6.07, 6.45) is 7.03. The zero-order valence-electron chi connectivity index (χ0n) is 25.3. The fourth-order valence-corrected chi connectivity index (χ4v) is 6.18. The fourth-order valence-electron chi connectivity index (χ4n) is 6.18. The maximum absolute atomic E-state index is 13.1. The van der Waals surface area contributed by atoms with Crippen molar-refractivity contribution < 1.29 is 22.8 Å². The maximum Gasteiger partial charge on any atom is 0.416 e. The lowest BCUT2D eigenvalue weighted by Crippen LogP contribution is -2.40. The third-order valence-corrected chi connectivity index (χ3v) is 8.59. The van der Waals surface area contributed by atoms with Gasteiger partial charge in [0.05, 0.1) is 22.5 Å². The number of nitrogens with zero attached hydrogens (tertiary/aromatic N) is 5. The highest BCUT2D eigenvalue weighted by Crippen LogP contribution is 2.39. The molecule has 2 atom stereocenters. The number of nitrogens with one attached hydrogen (secondary N) is 2. The number of hydrogen-bond donors (Lipinski definition) is 3. The van der Waals surface area contributed by atoms with Gasteiger partial charge < -0.3 is 21.3 Å². The average molecular weight is 633 g/mol. The maximum atomic E-state index is 13.1. The molecule has 2 amide bonds. The highest BCUT2D eigenvalue weighted by atomic mass is 19.4. The number of carbonyl (C=O) groups is 2. The number of hydrogen-bond acceptors (Lipinski definition) is 7. The molecular formula is C33H35F3N8O2. The Balaban J connectivity index is 1.35. The summed E-state index contributed by atoms with van der Waals surface area (Å²) in [6, 6.07) is 8.31. The summed E-state index contributed by atoms with van der Waals surface area (Å²) in [6.45, 7) is 1.49. The lowest BCUT2D eigenvalue weighted by Gasteiger charge is -2.30. The van der Waals surface area contributed by atoms with Crippen LogP contribution in [0.15, 0.2) is 54.9 Å². The Morgan fingerprint density at radius 1 is 1.11 bits per heavy atom. The summed E-state index contributed by atoms with van der Waals surface area (Å²) >= 11 is 0. The molecule has 0 spiro atoms. The minimum Gasteiger partial charge on any atom is -0.383 e. The molecule has 1 fully saturated rings. The smallest absolute Gasteiger partial charge is 0.383 e. The predicted octanol–water partition coefficient (Wildman–Crippen LogP) is 5.69. The van der Waals surface area contributed by atoms with E-state index in [2.05, 4.69) is 31.6 Å². The van der Waals surface area contributed by atoms with E-state index in [9.17, 15) is 22.8 Å². The van der Waals surface area contributed by atoms with Crippen LogP contribution in [0, 0.1) is 0 Å². The number of amides is 2. The Morgan fingerprint density at radius 3 is 2.70 bits per heavy atom. The van der Waals surface area contributed by atoms with Gasteiger partial charge in [0, 0.05) is 54.6 Å². The van der Waals surface area contributed by atoms with E-state index < -0.39 is 17.6 Å². The quantitative estimate of drug-likeness (QED) is 0.265. The minimum atomic E-state index is -4.56. The molecule has 1 aliphatic heterocycles. The number of halogens is 3. The molecule has 4 aromatic rings. The monoisotopic (exact) mass is 632 g/mol. The molecule has 0 radical (unpaired) electrons. The van der Waals surface area contributed by atoms with E-state index in [1.165, 1.54) is 0 Å². The number of anilines is 2. The number of alkyl halides is 3. The first-order valence-corrected chi connectivity index (χ1v) is 15.3. The van der Waals surface area contributed by atoms with Gasteiger partial charge in [-0.25, -0.2) is 9.97 Å². The first-order chi connectivity index (χ1) is 22.1. The number of nitrogen functional groups attached to an aromatic ring is 1. The molecule has 4 N–H and O–H groups in total. The van der Waals surface area contributed by atoms with Crippen molar-refractivity contribution >= 4 is 40.4 Å². The molecular weight excluding hydrogens is 597 g/mol. The van der Waals surface area contributed by atoms with Gasteiger partial charge in [0.25, 0.3) is 5.91 Å². The van der Waals surface area contributed by atoms with Crippen LogP contribution < -0.4 is 16.4 Å². The van der Waals surface area contributed by atoms with Gasteiger partial charge in [0.1, 0.15) is 17.3 Å². The largest absolute Gasteiger partial charge is 0.416 e. The summed E-state index contributed by atoms with van der Waals surface area (Å²) in [5.74, 6) is -0.427. The third kappa shape index (κ3) is 6.74. The van der Waals surface area contributed by atoms with Gasteiger partial charge >= 0.3 is 6.18 Å². The van der Waals surface area contributed by atoms with Crippen LogP contribution in [-0.2, 0) is 11.0 Å². The highest BCUT2D eigenvalue weighted by molar-refractivity contribution is 6.06. The van der Waals surface area contributed by atoms with E-state index in [0.29, 0.717) is 35.4 Å². The molecule has 4 heterocycles. The molecule has 0 saturated heterocycles. The SMILES string of the molecule is CN1CC/C=C/c2cnc(N)c3c(-c4ccc(C(=O)Nc5cc(C(F)(F)F)ccn5)cc4)nn(c23)[C@@H]2CCCC(C2)NC(=O)CC1. The van der Waals surface area contributed by atoms with Crippen LogP contribution in [0.25, 0.3) is 28.2 Å². The normalized spacial score (nSPS) is 20.4. The van der Waals surface area contributed by atoms with Gasteiger partial charge in [-0.15, -0.1) is 0 Å². The van der Waals surface area contributed by atoms with Gasteiger partial charge in [0.15, 0.2) is 0 Å². The summed E-state index contributed by atoms with van der Waals surface area (Å²) in [4.78, 5) is 36.1. The minimum absolute atomic E-state index is 0.0158. The van der Waals surface area contributed by atoms with Crippen LogP contribution in [0.5, 0.6) is 0 Å². The van der Waals surface area contributed by atoms with Crippen LogP contribution >= 0.6 is 0 Å².